The number of rotatable bonds is 0. The van der Waals surface area contributed by atoms with Crippen LogP contribution in [0.5, 0.6) is 0 Å². The summed E-state index contributed by atoms with van der Waals surface area (Å²) in [6.45, 7) is 5.61. The van der Waals surface area contributed by atoms with Crippen LogP contribution in [0.1, 0.15) is 20.8 Å². The maximum atomic E-state index is 11.0. The van der Waals surface area contributed by atoms with Crippen LogP contribution in [0.2, 0.25) is 0 Å². The van der Waals surface area contributed by atoms with Gasteiger partial charge in [0.25, 0.3) is 7.55 Å². The minimum atomic E-state index is -1.32. The summed E-state index contributed by atoms with van der Waals surface area (Å²) in [7, 11) is -1.32. The molecule has 22 heavy (non-hydrogen) atoms. The van der Waals surface area contributed by atoms with Crippen LogP contribution in [-0.2, 0) is 36.2 Å². The molecule has 6 heteroatoms. The molecule has 0 radical (unpaired) electrons. The van der Waals surface area contributed by atoms with E-state index in [1.54, 1.807) is 17.8 Å². The molecule has 4 nitrogen and oxygen atoms in total. The molecule has 2 unspecified atom stereocenters. The fraction of sp³-hybridized carbons (Fsp3) is 0.312. The van der Waals surface area contributed by atoms with Crippen LogP contribution in [0.25, 0.3) is 0 Å². The minimum Gasteiger partial charge on any atom is -0.233 e. The number of hydrogen-bond donors (Lipinski definition) is 0. The van der Waals surface area contributed by atoms with E-state index < -0.39 is 13.5 Å². The van der Waals surface area contributed by atoms with Crippen molar-refractivity contribution >= 4 is 31.0 Å². The third kappa shape index (κ3) is 4.53. The van der Waals surface area contributed by atoms with Gasteiger partial charge in [-0.05, 0) is 32.8 Å². The van der Waals surface area contributed by atoms with Crippen LogP contribution in [0.3, 0.4) is 0 Å². The maximum Gasteiger partial charge on any atom is 0.347 e. The Hall–Kier alpha value is -1.95. The summed E-state index contributed by atoms with van der Waals surface area (Å²) >= 11 is 0. The van der Waals surface area contributed by atoms with Gasteiger partial charge in [0.1, 0.15) is 23.0 Å². The number of carbonyl (C=O) groups excluding carboxylic acids is 4. The Morgan fingerprint density at radius 3 is 2.09 bits per heavy atom. The molecule has 0 fully saturated rings. The molecule has 0 spiro atoms. The van der Waals surface area contributed by atoms with E-state index in [2.05, 4.69) is 11.6 Å². The molecule has 0 aromatic rings. The van der Waals surface area contributed by atoms with Crippen LogP contribution in [-0.4, -0.2) is 28.6 Å². The molecule has 1 rings (SSSR count). The first kappa shape index (κ1) is 20.0. The van der Waals surface area contributed by atoms with Gasteiger partial charge in [-0.1, -0.05) is 6.08 Å². The maximum absolute atomic E-state index is 11.0. The quantitative estimate of drug-likeness (QED) is 0.287. The molecule has 0 saturated carbocycles. The standard InChI is InChI=1S/C16H12O4P.Fe/c1-16(2,3)21(11-20)7-6-12-4-5-13(8-17)15(10-19)14(12)9-18;/h4-5,12H,1-3H3;/q+1;. The Bertz CT molecular complexity index is 763. The molecular weight excluding hydrogens is 343 g/mol. The normalized spacial score (nSPS) is 17.0. The van der Waals surface area contributed by atoms with E-state index >= 15 is 0 Å². The summed E-state index contributed by atoms with van der Waals surface area (Å²) in [6, 6.07) is 0. The molecule has 0 N–H and O–H groups in total. The van der Waals surface area contributed by atoms with E-state index in [1.165, 1.54) is 12.2 Å². The van der Waals surface area contributed by atoms with Crippen molar-refractivity contribution in [3.8, 4) is 11.6 Å². The average molecular weight is 355 g/mol. The zero-order chi connectivity index (χ0) is 16.0. The van der Waals surface area contributed by atoms with Crippen LogP contribution in [0.4, 0.5) is 0 Å². The molecule has 112 valence electrons. The summed E-state index contributed by atoms with van der Waals surface area (Å²) in [6.07, 6.45) is 2.85. The third-order valence-corrected chi connectivity index (χ3v) is 4.60. The largest absolute Gasteiger partial charge is 0.347 e. The first-order valence-corrected chi connectivity index (χ1v) is 7.36. The first-order valence-electron chi connectivity index (χ1n) is 6.02. The number of allylic oxidation sites excluding steroid dienone is 5. The summed E-state index contributed by atoms with van der Waals surface area (Å²) in [5.41, 5.74) is 4.43. The van der Waals surface area contributed by atoms with E-state index in [-0.39, 0.29) is 38.9 Å². The fourth-order valence-electron chi connectivity index (χ4n) is 1.56. The summed E-state index contributed by atoms with van der Waals surface area (Å²) in [4.78, 5) is 43.6. The van der Waals surface area contributed by atoms with Gasteiger partial charge in [0.05, 0.1) is 22.6 Å². The predicted molar refractivity (Wildman–Crippen MR) is 80.4 cm³/mol. The average Bonchev–Trinajstić information content (AvgIpc) is 2.45. The molecule has 0 amide bonds. The Kier molecular flexibility index (Phi) is 7.73. The first-order chi connectivity index (χ1) is 9.88. The molecule has 1 aliphatic carbocycles. The Morgan fingerprint density at radius 1 is 1.05 bits per heavy atom. The van der Waals surface area contributed by atoms with E-state index in [0.717, 1.165) is 0 Å². The van der Waals surface area contributed by atoms with Gasteiger partial charge in [-0.25, -0.2) is 14.4 Å². The fourth-order valence-corrected chi connectivity index (χ4v) is 2.49. The topological polar surface area (TPSA) is 68.3 Å². The van der Waals surface area contributed by atoms with Crippen molar-refractivity contribution in [3.05, 3.63) is 28.9 Å². The van der Waals surface area contributed by atoms with Gasteiger partial charge in [0.15, 0.2) is 5.66 Å². The van der Waals surface area contributed by atoms with Crippen molar-refractivity contribution in [1.29, 1.82) is 0 Å². The summed E-state index contributed by atoms with van der Waals surface area (Å²) in [5.74, 6) is 6.81. The van der Waals surface area contributed by atoms with Gasteiger partial charge >= 0.3 is 5.66 Å². The van der Waals surface area contributed by atoms with Crippen LogP contribution < -0.4 is 0 Å². The number of hydrogen-bond acceptors (Lipinski definition) is 4. The van der Waals surface area contributed by atoms with Gasteiger partial charge in [-0.2, -0.15) is 4.79 Å². The molecule has 0 bridgehead atoms. The minimum absolute atomic E-state index is 0. The van der Waals surface area contributed by atoms with E-state index in [9.17, 15) is 19.2 Å². The third-order valence-electron chi connectivity index (χ3n) is 2.72. The molecule has 0 aromatic carbocycles. The van der Waals surface area contributed by atoms with Gasteiger partial charge < -0.3 is 0 Å². The van der Waals surface area contributed by atoms with Crippen molar-refractivity contribution in [1.82, 2.24) is 0 Å². The molecule has 2 atom stereocenters. The molecule has 0 aromatic heterocycles. The Balaban J connectivity index is 0.00000441. The van der Waals surface area contributed by atoms with Crippen LogP contribution in [0.15, 0.2) is 28.9 Å². The molecule has 1 aliphatic rings. The monoisotopic (exact) mass is 355 g/mol. The van der Waals surface area contributed by atoms with Crippen LogP contribution in [0, 0.1) is 17.5 Å². The van der Waals surface area contributed by atoms with Gasteiger partial charge in [-0.15, -0.1) is 0 Å². The zero-order valence-electron chi connectivity index (χ0n) is 12.2. The predicted octanol–water partition coefficient (Wildman–Crippen LogP) is 1.75. The SMILES string of the molecule is CC(C)(C)[P+](=C=O)C#CC1C=CC(=C=O)C(=C=O)C1=C=O.[Fe]. The molecule has 0 aliphatic heterocycles. The van der Waals surface area contributed by atoms with Crippen LogP contribution >= 0.6 is 7.55 Å². The zero-order valence-corrected chi connectivity index (χ0v) is 14.2. The van der Waals surface area contributed by atoms with Crippen molar-refractivity contribution in [2.75, 3.05) is 0 Å². The van der Waals surface area contributed by atoms with E-state index in [1.807, 2.05) is 26.4 Å². The Morgan fingerprint density at radius 2 is 1.68 bits per heavy atom. The second kappa shape index (κ2) is 8.48. The van der Waals surface area contributed by atoms with Gasteiger partial charge in [0, 0.05) is 17.1 Å². The smallest absolute Gasteiger partial charge is 0.233 e. The van der Waals surface area contributed by atoms with Gasteiger partial charge in [-0.3, -0.25) is 0 Å². The van der Waals surface area contributed by atoms with E-state index in [4.69, 9.17) is 0 Å². The molecule has 0 saturated heterocycles. The van der Waals surface area contributed by atoms with Crippen molar-refractivity contribution in [2.24, 2.45) is 5.92 Å². The molecular formula is C16H12FeO4P+. The Labute approximate surface area is 139 Å². The molecule has 0 heterocycles. The van der Waals surface area contributed by atoms with E-state index in [0.29, 0.717) is 0 Å². The second-order valence-electron chi connectivity index (χ2n) is 5.20. The summed E-state index contributed by atoms with van der Waals surface area (Å²) in [5, 5.41) is -0.329. The summed E-state index contributed by atoms with van der Waals surface area (Å²) < 4.78 is 0. The van der Waals surface area contributed by atoms with Crippen molar-refractivity contribution in [2.45, 2.75) is 25.9 Å². The van der Waals surface area contributed by atoms with Crippen molar-refractivity contribution in [3.63, 3.8) is 0 Å². The van der Waals surface area contributed by atoms with Gasteiger partial charge in [0.2, 0.25) is 0 Å². The second-order valence-corrected chi connectivity index (χ2v) is 7.62. The van der Waals surface area contributed by atoms with Crippen molar-refractivity contribution < 1.29 is 36.2 Å².